The van der Waals surface area contributed by atoms with Crippen LogP contribution in [-0.2, 0) is 0 Å². The second-order valence-corrected chi connectivity index (χ2v) is 4.20. The van der Waals surface area contributed by atoms with E-state index in [2.05, 4.69) is 13.8 Å². The molecule has 3 unspecified atom stereocenters. The number of rotatable bonds is 3. The molecule has 72 valence electrons. The second-order valence-electron chi connectivity index (χ2n) is 4.20. The molecule has 0 amide bonds. The van der Waals surface area contributed by atoms with Gasteiger partial charge in [0.2, 0.25) is 0 Å². The quantitative estimate of drug-likeness (QED) is 0.690. The summed E-state index contributed by atoms with van der Waals surface area (Å²) >= 11 is 0. The van der Waals surface area contributed by atoms with E-state index in [4.69, 9.17) is 0 Å². The largest absolute Gasteiger partial charge is 0.393 e. The fourth-order valence-corrected chi connectivity index (χ4v) is 2.44. The minimum atomic E-state index is 0.000278. The first kappa shape index (κ1) is 10.0. The number of hydrogen-bond donors (Lipinski definition) is 1. The molecule has 0 aromatic rings. The van der Waals surface area contributed by atoms with E-state index in [0.717, 1.165) is 18.8 Å². The van der Waals surface area contributed by atoms with Crippen molar-refractivity contribution in [3.05, 3.63) is 0 Å². The predicted molar refractivity (Wildman–Crippen MR) is 52.0 cm³/mol. The van der Waals surface area contributed by atoms with E-state index in [1.807, 2.05) is 0 Å². The van der Waals surface area contributed by atoms with Gasteiger partial charge in [-0.25, -0.2) is 0 Å². The molecule has 0 saturated heterocycles. The molecule has 1 aliphatic rings. The standard InChI is InChI=1S/C11H22O/c1-3-5-9-6-7-10(4-2)11(12)8-9/h9-12H,3-8H2,1-2H3. The molecular formula is C11H22O. The smallest absolute Gasteiger partial charge is 0.0570 e. The van der Waals surface area contributed by atoms with Crippen LogP contribution >= 0.6 is 0 Å². The summed E-state index contributed by atoms with van der Waals surface area (Å²) in [6, 6.07) is 0. The minimum absolute atomic E-state index is 0.000278. The van der Waals surface area contributed by atoms with Crippen molar-refractivity contribution in [2.45, 2.75) is 58.5 Å². The summed E-state index contributed by atoms with van der Waals surface area (Å²) in [7, 11) is 0. The van der Waals surface area contributed by atoms with Crippen molar-refractivity contribution in [1.29, 1.82) is 0 Å². The van der Waals surface area contributed by atoms with Crippen molar-refractivity contribution in [1.82, 2.24) is 0 Å². The molecule has 1 fully saturated rings. The zero-order valence-electron chi connectivity index (χ0n) is 8.42. The van der Waals surface area contributed by atoms with Gasteiger partial charge in [0.1, 0.15) is 0 Å². The Labute approximate surface area is 76.2 Å². The van der Waals surface area contributed by atoms with Gasteiger partial charge in [-0.3, -0.25) is 0 Å². The van der Waals surface area contributed by atoms with Crippen molar-refractivity contribution in [3.8, 4) is 0 Å². The summed E-state index contributed by atoms with van der Waals surface area (Å²) < 4.78 is 0. The van der Waals surface area contributed by atoms with Crippen molar-refractivity contribution in [2.75, 3.05) is 0 Å². The van der Waals surface area contributed by atoms with E-state index in [9.17, 15) is 5.11 Å². The Hall–Kier alpha value is -0.0400. The fraction of sp³-hybridized carbons (Fsp3) is 1.00. The zero-order valence-corrected chi connectivity index (χ0v) is 8.42. The van der Waals surface area contributed by atoms with Crippen molar-refractivity contribution in [2.24, 2.45) is 11.8 Å². The summed E-state index contributed by atoms with van der Waals surface area (Å²) in [6.45, 7) is 4.42. The molecule has 1 aliphatic carbocycles. The lowest BCUT2D eigenvalue weighted by Crippen LogP contribution is -2.28. The van der Waals surface area contributed by atoms with Crippen LogP contribution in [0.5, 0.6) is 0 Å². The summed E-state index contributed by atoms with van der Waals surface area (Å²) in [5.41, 5.74) is 0. The first-order chi connectivity index (χ1) is 5.77. The molecule has 1 nitrogen and oxygen atoms in total. The normalized spacial score (nSPS) is 36.8. The highest BCUT2D eigenvalue weighted by atomic mass is 16.3. The van der Waals surface area contributed by atoms with E-state index in [1.165, 1.54) is 25.7 Å². The van der Waals surface area contributed by atoms with Gasteiger partial charge in [0.15, 0.2) is 0 Å². The highest BCUT2D eigenvalue weighted by Gasteiger charge is 2.26. The molecule has 0 aromatic carbocycles. The van der Waals surface area contributed by atoms with Gasteiger partial charge in [0, 0.05) is 0 Å². The molecule has 1 saturated carbocycles. The lowest BCUT2D eigenvalue weighted by molar-refractivity contribution is 0.0408. The highest BCUT2D eigenvalue weighted by molar-refractivity contribution is 4.78. The maximum atomic E-state index is 9.77. The third-order valence-corrected chi connectivity index (χ3v) is 3.29. The molecule has 0 bridgehead atoms. The first-order valence-corrected chi connectivity index (χ1v) is 5.46. The Bertz CT molecular complexity index is 122. The van der Waals surface area contributed by atoms with Crippen LogP contribution in [0.2, 0.25) is 0 Å². The molecule has 1 heteroatoms. The van der Waals surface area contributed by atoms with Crippen molar-refractivity contribution in [3.63, 3.8) is 0 Å². The van der Waals surface area contributed by atoms with Crippen molar-refractivity contribution < 1.29 is 5.11 Å². The molecule has 0 heterocycles. The van der Waals surface area contributed by atoms with Crippen LogP contribution in [0.15, 0.2) is 0 Å². The number of hydrogen-bond acceptors (Lipinski definition) is 1. The summed E-state index contributed by atoms with van der Waals surface area (Å²) in [5.74, 6) is 1.41. The fourth-order valence-electron chi connectivity index (χ4n) is 2.44. The van der Waals surface area contributed by atoms with Crippen LogP contribution in [0.1, 0.15) is 52.4 Å². The molecule has 3 atom stereocenters. The average molecular weight is 170 g/mol. The second kappa shape index (κ2) is 4.86. The van der Waals surface area contributed by atoms with Crippen LogP contribution in [0, 0.1) is 11.8 Å². The van der Waals surface area contributed by atoms with Gasteiger partial charge in [-0.1, -0.05) is 33.1 Å². The van der Waals surface area contributed by atoms with Crippen molar-refractivity contribution >= 4 is 0 Å². The van der Waals surface area contributed by atoms with Crippen LogP contribution < -0.4 is 0 Å². The molecule has 0 aliphatic heterocycles. The molecular weight excluding hydrogens is 148 g/mol. The Morgan fingerprint density at radius 2 is 2.00 bits per heavy atom. The van der Waals surface area contributed by atoms with Gasteiger partial charge in [-0.2, -0.15) is 0 Å². The van der Waals surface area contributed by atoms with Gasteiger partial charge < -0.3 is 5.11 Å². The average Bonchev–Trinajstić information content (AvgIpc) is 2.05. The van der Waals surface area contributed by atoms with Gasteiger partial charge >= 0.3 is 0 Å². The number of aliphatic hydroxyl groups excluding tert-OH is 1. The van der Waals surface area contributed by atoms with E-state index in [0.29, 0.717) is 5.92 Å². The van der Waals surface area contributed by atoms with Crippen LogP contribution in [0.25, 0.3) is 0 Å². The van der Waals surface area contributed by atoms with E-state index >= 15 is 0 Å². The lowest BCUT2D eigenvalue weighted by Gasteiger charge is -2.32. The van der Waals surface area contributed by atoms with E-state index in [1.54, 1.807) is 0 Å². The topological polar surface area (TPSA) is 20.2 Å². The van der Waals surface area contributed by atoms with E-state index in [-0.39, 0.29) is 6.10 Å². The number of aliphatic hydroxyl groups is 1. The highest BCUT2D eigenvalue weighted by Crippen LogP contribution is 2.33. The molecule has 12 heavy (non-hydrogen) atoms. The van der Waals surface area contributed by atoms with Gasteiger partial charge in [-0.05, 0) is 31.1 Å². The zero-order chi connectivity index (χ0) is 8.97. The van der Waals surface area contributed by atoms with Gasteiger partial charge in [0.25, 0.3) is 0 Å². The Balaban J connectivity index is 2.30. The molecule has 0 radical (unpaired) electrons. The Morgan fingerprint density at radius 1 is 1.25 bits per heavy atom. The van der Waals surface area contributed by atoms with Crippen LogP contribution in [-0.4, -0.2) is 11.2 Å². The lowest BCUT2D eigenvalue weighted by atomic mass is 9.77. The maximum absolute atomic E-state index is 9.77. The molecule has 0 aromatic heterocycles. The van der Waals surface area contributed by atoms with Crippen LogP contribution in [0.4, 0.5) is 0 Å². The van der Waals surface area contributed by atoms with Gasteiger partial charge in [-0.15, -0.1) is 0 Å². The first-order valence-electron chi connectivity index (χ1n) is 5.46. The third-order valence-electron chi connectivity index (χ3n) is 3.29. The summed E-state index contributed by atoms with van der Waals surface area (Å²) in [5, 5.41) is 9.77. The third kappa shape index (κ3) is 2.48. The van der Waals surface area contributed by atoms with Gasteiger partial charge in [0.05, 0.1) is 6.10 Å². The monoisotopic (exact) mass is 170 g/mol. The summed E-state index contributed by atoms with van der Waals surface area (Å²) in [6.07, 6.45) is 7.40. The minimum Gasteiger partial charge on any atom is -0.393 e. The Kier molecular flexibility index (Phi) is 4.07. The molecule has 1 N–H and O–H groups in total. The summed E-state index contributed by atoms with van der Waals surface area (Å²) in [4.78, 5) is 0. The maximum Gasteiger partial charge on any atom is 0.0570 e. The molecule has 1 rings (SSSR count). The Morgan fingerprint density at radius 3 is 2.50 bits per heavy atom. The van der Waals surface area contributed by atoms with Crippen LogP contribution in [0.3, 0.4) is 0 Å². The molecule has 0 spiro atoms. The van der Waals surface area contributed by atoms with E-state index < -0.39 is 0 Å². The predicted octanol–water partition coefficient (Wildman–Crippen LogP) is 2.97. The SMILES string of the molecule is CCCC1CCC(CC)C(O)C1.